The first-order chi connectivity index (χ1) is 7.72. The molecule has 0 saturated heterocycles. The average molecular weight is 231 g/mol. The molecule has 1 nitrogen and oxygen atoms in total. The molecule has 2 aromatic rings. The van der Waals surface area contributed by atoms with E-state index in [1.165, 1.54) is 21.6 Å². The molecule has 0 bridgehead atoms. The van der Waals surface area contributed by atoms with Crippen molar-refractivity contribution in [1.29, 1.82) is 0 Å². The summed E-state index contributed by atoms with van der Waals surface area (Å²) in [5.74, 6) is 0. The molecule has 0 aliphatic carbocycles. The molecule has 0 aliphatic rings. The zero-order chi connectivity index (χ0) is 11.5. The highest BCUT2D eigenvalue weighted by molar-refractivity contribution is 7.10. The smallest absolute Gasteiger partial charge is 0.0562 e. The van der Waals surface area contributed by atoms with Crippen LogP contribution in [0.1, 0.15) is 34.5 Å². The van der Waals surface area contributed by atoms with Gasteiger partial charge in [0.2, 0.25) is 0 Å². The number of aryl methyl sites for hydroxylation is 2. The van der Waals surface area contributed by atoms with Gasteiger partial charge in [-0.3, -0.25) is 0 Å². The standard InChI is InChI=1S/C14H17NS/c1-3-11-6-4-5-7-13(11)14(15)12-8-10(2)16-9-12/h4-9,14H,3,15H2,1-2H3. The van der Waals surface area contributed by atoms with E-state index in [1.807, 2.05) is 0 Å². The fraction of sp³-hybridized carbons (Fsp3) is 0.286. The highest BCUT2D eigenvalue weighted by Gasteiger charge is 2.12. The van der Waals surface area contributed by atoms with Crippen LogP contribution in [0.5, 0.6) is 0 Å². The van der Waals surface area contributed by atoms with Crippen LogP contribution in [0.4, 0.5) is 0 Å². The molecule has 0 aliphatic heterocycles. The van der Waals surface area contributed by atoms with Gasteiger partial charge < -0.3 is 5.73 Å². The van der Waals surface area contributed by atoms with Gasteiger partial charge in [-0.05, 0) is 41.5 Å². The van der Waals surface area contributed by atoms with Crippen LogP contribution in [0.15, 0.2) is 35.7 Å². The quantitative estimate of drug-likeness (QED) is 0.857. The Hall–Kier alpha value is -1.12. The molecule has 16 heavy (non-hydrogen) atoms. The molecule has 0 spiro atoms. The van der Waals surface area contributed by atoms with Crippen molar-refractivity contribution in [2.45, 2.75) is 26.3 Å². The Morgan fingerprint density at radius 3 is 2.69 bits per heavy atom. The molecule has 0 saturated carbocycles. The van der Waals surface area contributed by atoms with E-state index in [1.54, 1.807) is 11.3 Å². The van der Waals surface area contributed by atoms with Crippen LogP contribution in [0.25, 0.3) is 0 Å². The van der Waals surface area contributed by atoms with Crippen molar-refractivity contribution in [2.24, 2.45) is 5.73 Å². The fourth-order valence-corrected chi connectivity index (χ4v) is 2.71. The molecular formula is C14H17NS. The molecule has 2 heteroatoms. The van der Waals surface area contributed by atoms with Gasteiger partial charge in [0.1, 0.15) is 0 Å². The van der Waals surface area contributed by atoms with Gasteiger partial charge in [-0.25, -0.2) is 0 Å². The molecule has 1 unspecified atom stereocenters. The van der Waals surface area contributed by atoms with E-state index >= 15 is 0 Å². The lowest BCUT2D eigenvalue weighted by molar-refractivity contribution is 0.853. The molecule has 0 amide bonds. The maximum Gasteiger partial charge on any atom is 0.0562 e. The minimum atomic E-state index is 0.0149. The highest BCUT2D eigenvalue weighted by atomic mass is 32.1. The van der Waals surface area contributed by atoms with Crippen molar-refractivity contribution in [1.82, 2.24) is 0 Å². The lowest BCUT2D eigenvalue weighted by Gasteiger charge is -2.14. The van der Waals surface area contributed by atoms with Crippen LogP contribution in [0.2, 0.25) is 0 Å². The SMILES string of the molecule is CCc1ccccc1C(N)c1csc(C)c1. The molecule has 1 heterocycles. The van der Waals surface area contributed by atoms with Crippen LogP contribution in [-0.2, 0) is 6.42 Å². The Kier molecular flexibility index (Phi) is 3.42. The molecule has 0 radical (unpaired) electrons. The van der Waals surface area contributed by atoms with E-state index in [9.17, 15) is 0 Å². The van der Waals surface area contributed by atoms with Crippen molar-refractivity contribution in [3.63, 3.8) is 0 Å². The van der Waals surface area contributed by atoms with E-state index in [-0.39, 0.29) is 6.04 Å². The summed E-state index contributed by atoms with van der Waals surface area (Å²) in [6.45, 7) is 4.29. The summed E-state index contributed by atoms with van der Waals surface area (Å²) in [5, 5.41) is 2.16. The van der Waals surface area contributed by atoms with Crippen LogP contribution < -0.4 is 5.73 Å². The van der Waals surface area contributed by atoms with Gasteiger partial charge in [0, 0.05) is 4.88 Å². The van der Waals surface area contributed by atoms with Crippen LogP contribution in [0, 0.1) is 6.92 Å². The zero-order valence-electron chi connectivity index (χ0n) is 9.73. The number of rotatable bonds is 3. The Bertz CT molecular complexity index is 473. The Morgan fingerprint density at radius 1 is 1.31 bits per heavy atom. The molecule has 0 fully saturated rings. The molecule has 2 N–H and O–H groups in total. The summed E-state index contributed by atoms with van der Waals surface area (Å²) < 4.78 is 0. The topological polar surface area (TPSA) is 26.0 Å². The second-order valence-electron chi connectivity index (χ2n) is 4.02. The normalized spacial score (nSPS) is 12.7. The largest absolute Gasteiger partial charge is 0.320 e. The lowest BCUT2D eigenvalue weighted by Crippen LogP contribution is -2.13. The second-order valence-corrected chi connectivity index (χ2v) is 5.14. The van der Waals surface area contributed by atoms with Crippen molar-refractivity contribution >= 4 is 11.3 Å². The first-order valence-electron chi connectivity index (χ1n) is 5.60. The van der Waals surface area contributed by atoms with E-state index in [2.05, 4.69) is 49.6 Å². The van der Waals surface area contributed by atoms with Crippen molar-refractivity contribution < 1.29 is 0 Å². The summed E-state index contributed by atoms with van der Waals surface area (Å²) in [6, 6.07) is 10.6. The third-order valence-corrected chi connectivity index (χ3v) is 3.76. The van der Waals surface area contributed by atoms with E-state index < -0.39 is 0 Å². The van der Waals surface area contributed by atoms with Gasteiger partial charge in [-0.2, -0.15) is 0 Å². The Morgan fingerprint density at radius 2 is 2.06 bits per heavy atom. The summed E-state index contributed by atoms with van der Waals surface area (Å²) >= 11 is 1.76. The highest BCUT2D eigenvalue weighted by Crippen LogP contribution is 2.26. The summed E-state index contributed by atoms with van der Waals surface area (Å²) in [7, 11) is 0. The zero-order valence-corrected chi connectivity index (χ0v) is 10.6. The first kappa shape index (κ1) is 11.4. The number of nitrogens with two attached hydrogens (primary N) is 1. The fourth-order valence-electron chi connectivity index (χ4n) is 1.97. The van der Waals surface area contributed by atoms with Gasteiger partial charge >= 0.3 is 0 Å². The maximum absolute atomic E-state index is 6.31. The minimum absolute atomic E-state index is 0.0149. The maximum atomic E-state index is 6.31. The van der Waals surface area contributed by atoms with Crippen LogP contribution in [-0.4, -0.2) is 0 Å². The molecule has 1 aromatic heterocycles. The van der Waals surface area contributed by atoms with Crippen molar-refractivity contribution in [3.05, 3.63) is 57.3 Å². The monoisotopic (exact) mass is 231 g/mol. The third-order valence-electron chi connectivity index (χ3n) is 2.88. The molecular weight excluding hydrogens is 214 g/mol. The van der Waals surface area contributed by atoms with Crippen molar-refractivity contribution in [2.75, 3.05) is 0 Å². The predicted molar refractivity (Wildman–Crippen MR) is 70.9 cm³/mol. The predicted octanol–water partition coefficient (Wildman–Crippen LogP) is 3.67. The molecule has 1 atom stereocenters. The van der Waals surface area contributed by atoms with Crippen LogP contribution in [0.3, 0.4) is 0 Å². The molecule has 2 rings (SSSR count). The van der Waals surface area contributed by atoms with Crippen LogP contribution >= 0.6 is 11.3 Å². The minimum Gasteiger partial charge on any atom is -0.320 e. The van der Waals surface area contributed by atoms with Gasteiger partial charge in [-0.15, -0.1) is 11.3 Å². The average Bonchev–Trinajstić information content (AvgIpc) is 2.75. The van der Waals surface area contributed by atoms with E-state index in [4.69, 9.17) is 5.73 Å². The number of benzene rings is 1. The van der Waals surface area contributed by atoms with Gasteiger partial charge in [0.05, 0.1) is 6.04 Å². The second kappa shape index (κ2) is 4.81. The van der Waals surface area contributed by atoms with Gasteiger partial charge in [0.15, 0.2) is 0 Å². The summed E-state index contributed by atoms with van der Waals surface area (Å²) in [6.07, 6.45) is 1.03. The third kappa shape index (κ3) is 2.18. The van der Waals surface area contributed by atoms with Crippen molar-refractivity contribution in [3.8, 4) is 0 Å². The summed E-state index contributed by atoms with van der Waals surface area (Å²) in [5.41, 5.74) is 10.1. The number of hydrogen-bond acceptors (Lipinski definition) is 2. The molecule has 84 valence electrons. The lowest BCUT2D eigenvalue weighted by atomic mass is 9.95. The van der Waals surface area contributed by atoms with Gasteiger partial charge in [-0.1, -0.05) is 31.2 Å². The van der Waals surface area contributed by atoms with Gasteiger partial charge in [0.25, 0.3) is 0 Å². The number of hydrogen-bond donors (Lipinski definition) is 1. The Labute approximate surface area is 101 Å². The first-order valence-corrected chi connectivity index (χ1v) is 6.48. The van der Waals surface area contributed by atoms with E-state index in [0.29, 0.717) is 0 Å². The van der Waals surface area contributed by atoms with E-state index in [0.717, 1.165) is 6.42 Å². The Balaban J connectivity index is 2.36. The summed E-state index contributed by atoms with van der Waals surface area (Å²) in [4.78, 5) is 1.32. The molecule has 1 aromatic carbocycles. The number of thiophene rings is 1.